The van der Waals surface area contributed by atoms with Crippen molar-refractivity contribution in [2.24, 2.45) is 0 Å². The highest BCUT2D eigenvalue weighted by Crippen LogP contribution is 2.45. The molecule has 2 aromatic carbocycles. The first-order valence-corrected chi connectivity index (χ1v) is 9.51. The van der Waals surface area contributed by atoms with Crippen LogP contribution in [0.25, 0.3) is 0 Å². The van der Waals surface area contributed by atoms with Crippen molar-refractivity contribution in [2.75, 3.05) is 0 Å². The molecule has 1 aliphatic rings. The van der Waals surface area contributed by atoms with E-state index in [1.54, 1.807) is 12.1 Å². The second kappa shape index (κ2) is 8.24. The first kappa shape index (κ1) is 18.9. The highest BCUT2D eigenvalue weighted by Gasteiger charge is 2.35. The van der Waals surface area contributed by atoms with Gasteiger partial charge in [-0.2, -0.15) is 0 Å². The van der Waals surface area contributed by atoms with Gasteiger partial charge in [-0.15, -0.1) is 0 Å². The fourth-order valence-corrected chi connectivity index (χ4v) is 4.18. The van der Waals surface area contributed by atoms with Crippen LogP contribution in [-0.4, -0.2) is 10.7 Å². The summed E-state index contributed by atoms with van der Waals surface area (Å²) in [4.78, 5) is 22.0. The van der Waals surface area contributed by atoms with Crippen LogP contribution in [0.4, 0.5) is 4.79 Å². The molecule has 2 aromatic rings. The Balaban J connectivity index is 1.93. The van der Waals surface area contributed by atoms with Crippen molar-refractivity contribution in [1.82, 2.24) is 0 Å². The van der Waals surface area contributed by atoms with Crippen molar-refractivity contribution in [3.8, 4) is 5.75 Å². The summed E-state index contributed by atoms with van der Waals surface area (Å²) in [6.45, 7) is 0. The van der Waals surface area contributed by atoms with Crippen LogP contribution in [0.15, 0.2) is 48.5 Å². The van der Waals surface area contributed by atoms with Gasteiger partial charge in [-0.05, 0) is 53.3 Å². The van der Waals surface area contributed by atoms with Crippen LogP contribution in [0, 0.1) is 0 Å². The van der Waals surface area contributed by atoms with Crippen LogP contribution < -0.4 is 4.74 Å². The van der Waals surface area contributed by atoms with Gasteiger partial charge in [0.25, 0.3) is 0 Å². The van der Waals surface area contributed by atoms with Gasteiger partial charge < -0.3 is 4.74 Å². The van der Waals surface area contributed by atoms with E-state index in [0.717, 1.165) is 18.4 Å². The van der Waals surface area contributed by atoms with Crippen LogP contribution in [0.3, 0.4) is 0 Å². The molecular weight excluding hydrogens is 371 g/mol. The molecule has 0 bridgehead atoms. The Labute approximate surface area is 163 Å². The Morgan fingerprint density at radius 2 is 1.38 bits per heavy atom. The minimum absolute atomic E-state index is 0.0642. The van der Waals surface area contributed by atoms with Gasteiger partial charge in [0, 0.05) is 23.4 Å². The van der Waals surface area contributed by atoms with Gasteiger partial charge in [-0.25, -0.2) is 4.79 Å². The summed E-state index contributed by atoms with van der Waals surface area (Å²) in [5, 5.41) is -0.352. The third-order valence-corrected chi connectivity index (χ3v) is 5.37. The lowest BCUT2D eigenvalue weighted by atomic mass is 9.65. The van der Waals surface area contributed by atoms with Crippen molar-refractivity contribution < 1.29 is 14.3 Å². The number of rotatable bonds is 5. The van der Waals surface area contributed by atoms with E-state index in [1.165, 1.54) is 30.4 Å². The summed E-state index contributed by atoms with van der Waals surface area (Å²) in [7, 11) is 0. The number of ether oxygens (including phenoxy) is 1. The maximum Gasteiger partial charge on any atom is 0.409 e. The average molecular weight is 391 g/mol. The van der Waals surface area contributed by atoms with E-state index in [2.05, 4.69) is 12.1 Å². The Bertz CT molecular complexity index is 714. The van der Waals surface area contributed by atoms with E-state index in [4.69, 9.17) is 27.9 Å². The Morgan fingerprint density at radius 3 is 1.88 bits per heavy atom. The van der Waals surface area contributed by atoms with Gasteiger partial charge in [0.2, 0.25) is 5.24 Å². The van der Waals surface area contributed by atoms with E-state index in [9.17, 15) is 9.59 Å². The smallest absolute Gasteiger partial charge is 0.409 e. The van der Waals surface area contributed by atoms with Crippen molar-refractivity contribution in [3.63, 3.8) is 0 Å². The molecule has 0 aliphatic heterocycles. The number of halogens is 2. The Hall–Kier alpha value is -1.84. The lowest BCUT2D eigenvalue weighted by Gasteiger charge is -2.38. The van der Waals surface area contributed by atoms with Gasteiger partial charge in [0.05, 0.1) is 0 Å². The fourth-order valence-electron chi connectivity index (χ4n) is 3.94. The molecule has 26 heavy (non-hydrogen) atoms. The molecule has 1 saturated carbocycles. The highest BCUT2D eigenvalue weighted by molar-refractivity contribution is 6.63. The molecule has 0 N–H and O–H groups in total. The molecule has 0 amide bonds. The molecule has 0 atom stereocenters. The summed E-state index contributed by atoms with van der Waals surface area (Å²) in [6.07, 6.45) is 5.95. The highest BCUT2D eigenvalue weighted by atomic mass is 35.5. The zero-order valence-electron chi connectivity index (χ0n) is 14.3. The minimum atomic E-state index is -0.838. The van der Waals surface area contributed by atoms with Crippen LogP contribution >= 0.6 is 23.2 Å². The second-order valence-electron chi connectivity index (χ2n) is 6.74. The van der Waals surface area contributed by atoms with Gasteiger partial charge in [0.1, 0.15) is 5.75 Å². The van der Waals surface area contributed by atoms with E-state index in [0.29, 0.717) is 5.75 Å². The van der Waals surface area contributed by atoms with Gasteiger partial charge >= 0.3 is 5.43 Å². The largest absolute Gasteiger partial charge is 0.415 e. The molecule has 0 spiro atoms. The molecule has 0 heterocycles. The molecule has 0 saturated heterocycles. The molecule has 0 radical (unpaired) electrons. The van der Waals surface area contributed by atoms with Crippen LogP contribution in [-0.2, 0) is 16.6 Å². The third kappa shape index (κ3) is 4.28. The summed E-state index contributed by atoms with van der Waals surface area (Å²) in [6, 6.07) is 15.8. The van der Waals surface area contributed by atoms with E-state index in [-0.39, 0.29) is 17.1 Å². The molecule has 0 unspecified atom stereocenters. The van der Waals surface area contributed by atoms with Gasteiger partial charge in [0.15, 0.2) is 0 Å². The Kier molecular flexibility index (Phi) is 6.00. The molecule has 0 aromatic heterocycles. The summed E-state index contributed by atoms with van der Waals surface area (Å²) >= 11 is 10.8. The lowest BCUT2D eigenvalue weighted by Crippen LogP contribution is -2.30. The molecule has 5 heteroatoms. The predicted octanol–water partition coefficient (Wildman–Crippen LogP) is 5.98. The predicted molar refractivity (Wildman–Crippen MR) is 103 cm³/mol. The van der Waals surface area contributed by atoms with Crippen LogP contribution in [0.5, 0.6) is 5.75 Å². The summed E-state index contributed by atoms with van der Waals surface area (Å²) in [5.41, 5.74) is 2.46. The number of carbonyl (C=O) groups excluding carboxylic acids is 2. The van der Waals surface area contributed by atoms with Crippen LogP contribution in [0.2, 0.25) is 0 Å². The third-order valence-electron chi connectivity index (χ3n) is 5.16. The average Bonchev–Trinajstić information content (AvgIpc) is 2.62. The van der Waals surface area contributed by atoms with Crippen LogP contribution in [0.1, 0.15) is 48.8 Å². The summed E-state index contributed by atoms with van der Waals surface area (Å²) < 4.78 is 4.93. The molecule has 3 nitrogen and oxygen atoms in total. The molecule has 1 fully saturated rings. The summed E-state index contributed by atoms with van der Waals surface area (Å²) in [5.74, 6) is 0.440. The Morgan fingerprint density at radius 1 is 0.846 bits per heavy atom. The van der Waals surface area contributed by atoms with Crippen molar-refractivity contribution in [1.29, 1.82) is 0 Å². The fraction of sp³-hybridized carbons (Fsp3) is 0.333. The van der Waals surface area contributed by atoms with E-state index in [1.807, 2.05) is 24.3 Å². The van der Waals surface area contributed by atoms with Gasteiger partial charge in [-0.3, -0.25) is 4.79 Å². The molecular formula is C21H20Cl2O3. The van der Waals surface area contributed by atoms with Crippen molar-refractivity contribution >= 4 is 33.9 Å². The minimum Gasteiger partial charge on any atom is -0.415 e. The quantitative estimate of drug-likeness (QED) is 0.589. The number of hydrogen-bond acceptors (Lipinski definition) is 3. The topological polar surface area (TPSA) is 43.4 Å². The normalized spacial score (nSPS) is 16.1. The number of benzene rings is 2. The second-order valence-corrected chi connectivity index (χ2v) is 7.47. The van der Waals surface area contributed by atoms with Gasteiger partial charge in [-0.1, -0.05) is 55.7 Å². The lowest BCUT2D eigenvalue weighted by molar-refractivity contribution is -0.111. The van der Waals surface area contributed by atoms with E-state index < -0.39 is 5.43 Å². The first-order chi connectivity index (χ1) is 12.5. The SMILES string of the molecule is O=C(Cl)Cc1ccc(C2(c3ccc(OC(=O)Cl)cc3)CCCCC2)cc1. The van der Waals surface area contributed by atoms with Crippen molar-refractivity contribution in [3.05, 3.63) is 65.2 Å². The molecule has 1 aliphatic carbocycles. The zero-order valence-corrected chi connectivity index (χ0v) is 15.9. The van der Waals surface area contributed by atoms with E-state index >= 15 is 0 Å². The van der Waals surface area contributed by atoms with Crippen molar-refractivity contribution in [2.45, 2.75) is 43.9 Å². The standard InChI is InChI=1S/C21H20Cl2O3/c22-19(24)14-15-4-6-16(7-5-15)21(12-2-1-3-13-21)17-8-10-18(11-9-17)26-20(23)25/h4-11H,1-3,12-14H2. The zero-order chi connectivity index (χ0) is 18.6. The molecule has 3 rings (SSSR count). The number of carbonyl (C=O) groups is 2. The molecule has 136 valence electrons. The number of hydrogen-bond donors (Lipinski definition) is 0. The monoisotopic (exact) mass is 390 g/mol. The first-order valence-electron chi connectivity index (χ1n) is 8.75. The maximum atomic E-state index is 11.1. The maximum absolute atomic E-state index is 11.1.